The predicted molar refractivity (Wildman–Crippen MR) is 91.9 cm³/mol. The van der Waals surface area contributed by atoms with Gasteiger partial charge in [-0.2, -0.15) is 0 Å². The Morgan fingerprint density at radius 3 is 2.64 bits per heavy atom. The number of halogens is 1. The Labute approximate surface area is 151 Å². The molecule has 0 radical (unpaired) electrons. The van der Waals surface area contributed by atoms with E-state index in [0.29, 0.717) is 35.2 Å². The zero-order valence-electron chi connectivity index (χ0n) is 14.1. The van der Waals surface area contributed by atoms with Crippen LogP contribution in [0.3, 0.4) is 0 Å². The van der Waals surface area contributed by atoms with Crippen LogP contribution < -0.4 is 4.74 Å². The van der Waals surface area contributed by atoms with Gasteiger partial charge in [0.1, 0.15) is 11.2 Å². The quantitative estimate of drug-likeness (QED) is 0.834. The van der Waals surface area contributed by atoms with Crippen LogP contribution in [0.5, 0.6) is 5.75 Å². The Kier molecular flexibility index (Phi) is 4.93. The second-order valence-electron chi connectivity index (χ2n) is 7.02. The summed E-state index contributed by atoms with van der Waals surface area (Å²) in [5.74, 6) is -0.537. The first-order valence-corrected chi connectivity index (χ1v) is 8.79. The third-order valence-corrected chi connectivity index (χ3v) is 5.42. The molecule has 1 saturated carbocycles. The summed E-state index contributed by atoms with van der Waals surface area (Å²) in [5, 5.41) is 20.6. The Balaban J connectivity index is 1.85. The molecule has 1 aliphatic heterocycles. The third-order valence-electron chi connectivity index (χ3n) is 5.20. The number of rotatable bonds is 5. The maximum atomic E-state index is 12.9. The van der Waals surface area contributed by atoms with Crippen molar-refractivity contribution in [1.29, 1.82) is 0 Å². The summed E-state index contributed by atoms with van der Waals surface area (Å²) in [4.78, 5) is 26.4. The fraction of sp³-hybridized carbons (Fsp3) is 0.556. The molecule has 0 aromatic heterocycles. The standard InChI is InChI=1S/C18H22ClNO5/c1-25-14-7-12(6-13(19)8-14)16(22)20-5-4-15(21)18(10-20,17(23)24)9-11-2-3-11/h6-8,11,15,21H,2-5,9-10H2,1H3,(H,23,24)/t15-,18-/m1/s1. The number of hydrogen-bond donors (Lipinski definition) is 2. The summed E-state index contributed by atoms with van der Waals surface area (Å²) < 4.78 is 5.14. The van der Waals surface area contributed by atoms with E-state index in [-0.39, 0.29) is 18.9 Å². The monoisotopic (exact) mass is 367 g/mol. The largest absolute Gasteiger partial charge is 0.497 e. The molecule has 2 atom stereocenters. The molecule has 136 valence electrons. The number of likely N-dealkylation sites (tertiary alicyclic amines) is 1. The summed E-state index contributed by atoms with van der Waals surface area (Å²) in [6.45, 7) is 0.322. The Hall–Kier alpha value is -1.79. The van der Waals surface area contributed by atoms with Crippen molar-refractivity contribution >= 4 is 23.5 Å². The molecule has 0 bridgehead atoms. The van der Waals surface area contributed by atoms with E-state index in [1.54, 1.807) is 18.2 Å². The van der Waals surface area contributed by atoms with E-state index in [2.05, 4.69) is 0 Å². The van der Waals surface area contributed by atoms with Gasteiger partial charge in [0.05, 0.1) is 13.2 Å². The number of aliphatic hydroxyl groups is 1. The number of methoxy groups -OCH3 is 1. The van der Waals surface area contributed by atoms with Crippen LogP contribution in [-0.4, -0.2) is 53.3 Å². The first-order chi connectivity index (χ1) is 11.9. The lowest BCUT2D eigenvalue weighted by Crippen LogP contribution is -2.57. The van der Waals surface area contributed by atoms with E-state index in [1.807, 2.05) is 0 Å². The van der Waals surface area contributed by atoms with Crippen molar-refractivity contribution in [3.05, 3.63) is 28.8 Å². The molecule has 1 heterocycles. The van der Waals surface area contributed by atoms with Gasteiger partial charge in [0, 0.05) is 23.7 Å². The van der Waals surface area contributed by atoms with Crippen molar-refractivity contribution in [2.24, 2.45) is 11.3 Å². The number of nitrogens with zero attached hydrogens (tertiary/aromatic N) is 1. The number of carboxylic acid groups (broad SMARTS) is 1. The molecule has 2 N–H and O–H groups in total. The average molecular weight is 368 g/mol. The van der Waals surface area contributed by atoms with Gasteiger partial charge in [0.15, 0.2) is 0 Å². The molecule has 2 aliphatic rings. The smallest absolute Gasteiger partial charge is 0.314 e. The SMILES string of the molecule is COc1cc(Cl)cc(C(=O)N2CC[C@@H](O)[C@](CC3CC3)(C(=O)O)C2)c1. The zero-order chi connectivity index (χ0) is 18.2. The van der Waals surface area contributed by atoms with E-state index >= 15 is 0 Å². The summed E-state index contributed by atoms with van der Waals surface area (Å²) in [5.41, 5.74) is -0.941. The number of amides is 1. The molecule has 2 fully saturated rings. The first kappa shape index (κ1) is 18.0. The van der Waals surface area contributed by atoms with E-state index in [9.17, 15) is 19.8 Å². The number of carbonyl (C=O) groups excluding carboxylic acids is 1. The highest BCUT2D eigenvalue weighted by molar-refractivity contribution is 6.31. The molecule has 1 aromatic rings. The van der Waals surface area contributed by atoms with Gasteiger partial charge in [-0.15, -0.1) is 0 Å². The van der Waals surface area contributed by atoms with Crippen LogP contribution in [0.4, 0.5) is 0 Å². The fourth-order valence-corrected chi connectivity index (χ4v) is 3.80. The molecule has 25 heavy (non-hydrogen) atoms. The van der Waals surface area contributed by atoms with Crippen LogP contribution in [0, 0.1) is 11.3 Å². The predicted octanol–water partition coefficient (Wildman–Crippen LogP) is 2.43. The van der Waals surface area contributed by atoms with Gasteiger partial charge in [0.25, 0.3) is 5.91 Å². The number of carboxylic acids is 1. The minimum atomic E-state index is -1.29. The fourth-order valence-electron chi connectivity index (χ4n) is 3.57. The molecule has 1 aromatic carbocycles. The Bertz CT molecular complexity index is 690. The normalized spacial score (nSPS) is 26.4. The Morgan fingerprint density at radius 1 is 1.32 bits per heavy atom. The molecule has 0 spiro atoms. The minimum Gasteiger partial charge on any atom is -0.497 e. The molecular weight excluding hydrogens is 346 g/mol. The highest BCUT2D eigenvalue weighted by atomic mass is 35.5. The second-order valence-corrected chi connectivity index (χ2v) is 7.46. The lowest BCUT2D eigenvalue weighted by molar-refractivity contribution is -0.163. The molecule has 1 amide bonds. The van der Waals surface area contributed by atoms with Gasteiger partial charge in [-0.25, -0.2) is 0 Å². The van der Waals surface area contributed by atoms with Crippen molar-refractivity contribution in [1.82, 2.24) is 4.90 Å². The molecular formula is C18H22ClNO5. The average Bonchev–Trinajstić information content (AvgIpc) is 3.39. The summed E-state index contributed by atoms with van der Waals surface area (Å²) >= 11 is 6.03. The molecule has 7 heteroatoms. The molecule has 1 saturated heterocycles. The third kappa shape index (κ3) is 3.60. The zero-order valence-corrected chi connectivity index (χ0v) is 14.8. The van der Waals surface area contributed by atoms with E-state index in [1.165, 1.54) is 12.0 Å². The van der Waals surface area contributed by atoms with Crippen molar-refractivity contribution in [2.45, 2.75) is 31.8 Å². The highest BCUT2D eigenvalue weighted by Crippen LogP contribution is 2.45. The van der Waals surface area contributed by atoms with Crippen LogP contribution in [0.1, 0.15) is 36.0 Å². The number of carbonyl (C=O) groups is 2. The number of piperidine rings is 1. The van der Waals surface area contributed by atoms with Crippen molar-refractivity contribution in [3.8, 4) is 5.75 Å². The highest BCUT2D eigenvalue weighted by Gasteiger charge is 2.52. The number of hydrogen-bond acceptors (Lipinski definition) is 4. The molecule has 1 aliphatic carbocycles. The van der Waals surface area contributed by atoms with Gasteiger partial charge in [-0.1, -0.05) is 24.4 Å². The summed E-state index contributed by atoms with van der Waals surface area (Å²) in [6, 6.07) is 4.73. The maximum absolute atomic E-state index is 12.9. The maximum Gasteiger partial charge on any atom is 0.314 e. The number of ether oxygens (including phenoxy) is 1. The van der Waals surface area contributed by atoms with Crippen LogP contribution in [0.2, 0.25) is 5.02 Å². The molecule has 6 nitrogen and oxygen atoms in total. The first-order valence-electron chi connectivity index (χ1n) is 8.41. The van der Waals surface area contributed by atoms with Crippen molar-refractivity contribution in [2.75, 3.05) is 20.2 Å². The summed E-state index contributed by atoms with van der Waals surface area (Å²) in [6.07, 6.45) is 1.69. The number of aliphatic carboxylic acids is 1. The van der Waals surface area contributed by atoms with E-state index in [4.69, 9.17) is 16.3 Å². The van der Waals surface area contributed by atoms with Gasteiger partial charge in [-0.3, -0.25) is 9.59 Å². The topological polar surface area (TPSA) is 87.1 Å². The molecule has 3 rings (SSSR count). The van der Waals surface area contributed by atoms with Gasteiger partial charge in [-0.05, 0) is 37.0 Å². The van der Waals surface area contributed by atoms with Gasteiger partial charge < -0.3 is 19.8 Å². The van der Waals surface area contributed by atoms with Crippen molar-refractivity contribution < 1.29 is 24.5 Å². The second kappa shape index (κ2) is 6.84. The van der Waals surface area contributed by atoms with Crippen molar-refractivity contribution in [3.63, 3.8) is 0 Å². The van der Waals surface area contributed by atoms with Crippen LogP contribution in [-0.2, 0) is 4.79 Å². The van der Waals surface area contributed by atoms with Gasteiger partial charge in [0.2, 0.25) is 0 Å². The summed E-state index contributed by atoms with van der Waals surface area (Å²) in [7, 11) is 1.49. The number of aliphatic hydroxyl groups excluding tert-OH is 1. The molecule has 0 unspecified atom stereocenters. The Morgan fingerprint density at radius 2 is 2.04 bits per heavy atom. The lowest BCUT2D eigenvalue weighted by Gasteiger charge is -2.43. The lowest BCUT2D eigenvalue weighted by atomic mass is 9.73. The minimum absolute atomic E-state index is 0.00760. The van der Waals surface area contributed by atoms with Crippen LogP contribution >= 0.6 is 11.6 Å². The number of benzene rings is 1. The van der Waals surface area contributed by atoms with Gasteiger partial charge >= 0.3 is 5.97 Å². The van der Waals surface area contributed by atoms with Crippen LogP contribution in [0.15, 0.2) is 18.2 Å². The van der Waals surface area contributed by atoms with Crippen LogP contribution in [0.25, 0.3) is 0 Å². The van der Waals surface area contributed by atoms with E-state index < -0.39 is 17.5 Å². The van der Waals surface area contributed by atoms with E-state index in [0.717, 1.165) is 12.8 Å².